The van der Waals surface area contributed by atoms with Gasteiger partial charge in [-0.15, -0.1) is 0 Å². The molecule has 1 aromatic heterocycles. The highest BCUT2D eigenvalue weighted by molar-refractivity contribution is 6.36. The number of imidazole rings is 1. The lowest BCUT2D eigenvalue weighted by Gasteiger charge is -2.19. The lowest BCUT2D eigenvalue weighted by atomic mass is 10.0. The van der Waals surface area contributed by atoms with Gasteiger partial charge in [0.2, 0.25) is 0 Å². The number of halogens is 4. The molecule has 4 nitrogen and oxygen atoms in total. The second-order valence-electron chi connectivity index (χ2n) is 5.60. The van der Waals surface area contributed by atoms with Crippen LogP contribution in [0.4, 0.5) is 8.78 Å². The molecule has 0 saturated heterocycles. The summed E-state index contributed by atoms with van der Waals surface area (Å²) in [6, 6.07) is 7.11. The number of aromatic nitrogens is 2. The highest BCUT2D eigenvalue weighted by Gasteiger charge is 2.23. The lowest BCUT2D eigenvalue weighted by Crippen LogP contribution is -2.31. The van der Waals surface area contributed by atoms with Crippen molar-refractivity contribution in [1.29, 1.82) is 0 Å². The molecular formula is C18H13Cl2F2N3O. The van der Waals surface area contributed by atoms with Gasteiger partial charge >= 0.3 is 0 Å². The molecule has 0 saturated carbocycles. The number of nitrogens with one attached hydrogen (secondary N) is 1. The van der Waals surface area contributed by atoms with E-state index in [0.29, 0.717) is 11.4 Å². The average molecular weight is 396 g/mol. The van der Waals surface area contributed by atoms with Crippen LogP contribution in [0.2, 0.25) is 10.0 Å². The van der Waals surface area contributed by atoms with Crippen LogP contribution in [0.15, 0.2) is 48.8 Å². The van der Waals surface area contributed by atoms with Crippen LogP contribution >= 0.6 is 23.2 Å². The van der Waals surface area contributed by atoms with E-state index in [2.05, 4.69) is 10.3 Å². The van der Waals surface area contributed by atoms with Gasteiger partial charge in [0.1, 0.15) is 23.5 Å². The summed E-state index contributed by atoms with van der Waals surface area (Å²) in [7, 11) is 1.76. The van der Waals surface area contributed by atoms with E-state index in [1.54, 1.807) is 36.1 Å². The van der Waals surface area contributed by atoms with Gasteiger partial charge in [0.25, 0.3) is 5.91 Å². The second kappa shape index (κ2) is 7.43. The number of hydrogen-bond acceptors (Lipinski definition) is 2. The third-order valence-corrected chi connectivity index (χ3v) is 4.45. The molecule has 0 radical (unpaired) electrons. The van der Waals surface area contributed by atoms with Crippen molar-refractivity contribution >= 4 is 29.1 Å². The predicted octanol–water partition coefficient (Wildman–Crippen LogP) is 4.52. The number of carbonyl (C=O) groups excluding carboxylic acids is 1. The number of nitrogens with zero attached hydrogens (tertiary/aromatic N) is 2. The maximum Gasteiger partial charge on any atom is 0.253 e. The molecule has 0 aliphatic carbocycles. The van der Waals surface area contributed by atoms with E-state index >= 15 is 0 Å². The van der Waals surface area contributed by atoms with Crippen LogP contribution < -0.4 is 5.32 Å². The Hall–Kier alpha value is -2.44. The fourth-order valence-corrected chi connectivity index (χ4v) is 2.98. The molecule has 1 N–H and O–H groups in total. The zero-order chi connectivity index (χ0) is 18.8. The first-order chi connectivity index (χ1) is 12.4. The zero-order valence-electron chi connectivity index (χ0n) is 13.5. The van der Waals surface area contributed by atoms with Crippen molar-refractivity contribution in [3.05, 3.63) is 87.4 Å². The summed E-state index contributed by atoms with van der Waals surface area (Å²) in [5.74, 6) is -1.24. The molecule has 1 amide bonds. The minimum absolute atomic E-state index is 0.0200. The predicted molar refractivity (Wildman–Crippen MR) is 95.3 cm³/mol. The molecule has 1 heterocycles. The minimum atomic E-state index is -0.753. The summed E-state index contributed by atoms with van der Waals surface area (Å²) < 4.78 is 28.7. The van der Waals surface area contributed by atoms with E-state index in [1.807, 2.05) is 0 Å². The smallest absolute Gasteiger partial charge is 0.253 e. The Morgan fingerprint density at radius 3 is 2.46 bits per heavy atom. The Morgan fingerprint density at radius 2 is 1.85 bits per heavy atom. The lowest BCUT2D eigenvalue weighted by molar-refractivity contribution is 0.0941. The van der Waals surface area contributed by atoms with Crippen molar-refractivity contribution in [3.63, 3.8) is 0 Å². The normalized spacial score (nSPS) is 12.0. The number of amides is 1. The van der Waals surface area contributed by atoms with E-state index in [4.69, 9.17) is 23.2 Å². The quantitative estimate of drug-likeness (QED) is 0.659. The number of rotatable bonds is 4. The Morgan fingerprint density at radius 1 is 1.15 bits per heavy atom. The maximum atomic E-state index is 13.7. The van der Waals surface area contributed by atoms with Crippen LogP contribution in [0, 0.1) is 11.6 Å². The summed E-state index contributed by atoms with van der Waals surface area (Å²) in [4.78, 5) is 16.9. The highest BCUT2D eigenvalue weighted by Crippen LogP contribution is 2.26. The van der Waals surface area contributed by atoms with E-state index in [-0.39, 0.29) is 15.6 Å². The SMILES string of the molecule is Cn1ccnc1C(NC(=O)c1cc(F)c(Cl)cc1Cl)c1ccc(F)cc1. The number of carbonyl (C=O) groups is 1. The second-order valence-corrected chi connectivity index (χ2v) is 6.41. The van der Waals surface area contributed by atoms with Gasteiger partial charge in [0.05, 0.1) is 15.6 Å². The van der Waals surface area contributed by atoms with E-state index in [0.717, 1.165) is 6.07 Å². The van der Waals surface area contributed by atoms with Gasteiger partial charge in [0.15, 0.2) is 0 Å². The molecule has 0 aliphatic rings. The molecule has 0 bridgehead atoms. The van der Waals surface area contributed by atoms with Crippen molar-refractivity contribution in [2.75, 3.05) is 0 Å². The Bertz CT molecular complexity index is 958. The van der Waals surface area contributed by atoms with Gasteiger partial charge in [-0.3, -0.25) is 4.79 Å². The molecule has 0 spiro atoms. The third-order valence-electron chi connectivity index (χ3n) is 3.85. The summed E-state index contributed by atoms with van der Waals surface area (Å²) in [5.41, 5.74) is 0.550. The summed E-state index contributed by atoms with van der Waals surface area (Å²) in [6.07, 6.45) is 3.29. The van der Waals surface area contributed by atoms with E-state index in [9.17, 15) is 13.6 Å². The molecule has 134 valence electrons. The van der Waals surface area contributed by atoms with Crippen LogP contribution in [0.25, 0.3) is 0 Å². The molecule has 3 aromatic rings. The molecule has 2 aromatic carbocycles. The fourth-order valence-electron chi connectivity index (χ4n) is 2.51. The Kier molecular flexibility index (Phi) is 5.25. The number of benzene rings is 2. The standard InChI is InChI=1S/C18H13Cl2F2N3O/c1-25-7-6-23-17(25)16(10-2-4-11(21)5-3-10)24-18(26)12-8-15(22)14(20)9-13(12)19/h2-9,16H,1H3,(H,24,26). The summed E-state index contributed by atoms with van der Waals surface area (Å²) >= 11 is 11.7. The van der Waals surface area contributed by atoms with Gasteiger partial charge in [-0.25, -0.2) is 13.8 Å². The minimum Gasteiger partial charge on any atom is -0.338 e. The average Bonchev–Trinajstić information content (AvgIpc) is 3.02. The number of hydrogen-bond donors (Lipinski definition) is 1. The first-order valence-electron chi connectivity index (χ1n) is 7.55. The number of aryl methyl sites for hydroxylation is 1. The van der Waals surface area contributed by atoms with Gasteiger partial charge < -0.3 is 9.88 Å². The summed E-state index contributed by atoms with van der Waals surface area (Å²) in [6.45, 7) is 0. The largest absolute Gasteiger partial charge is 0.338 e. The third kappa shape index (κ3) is 3.71. The molecule has 1 atom stereocenters. The molecule has 0 aliphatic heterocycles. The van der Waals surface area contributed by atoms with Crippen molar-refractivity contribution in [1.82, 2.24) is 14.9 Å². The molecule has 3 rings (SSSR count). The molecule has 26 heavy (non-hydrogen) atoms. The first kappa shape index (κ1) is 18.4. The molecule has 8 heteroatoms. The Balaban J connectivity index is 1.98. The molecule has 1 unspecified atom stereocenters. The van der Waals surface area contributed by atoms with Crippen LogP contribution in [-0.2, 0) is 7.05 Å². The zero-order valence-corrected chi connectivity index (χ0v) is 15.0. The Labute approximate surface area is 158 Å². The summed E-state index contributed by atoms with van der Waals surface area (Å²) in [5, 5.41) is 2.61. The van der Waals surface area contributed by atoms with Crippen LogP contribution in [0.1, 0.15) is 27.8 Å². The van der Waals surface area contributed by atoms with Crippen LogP contribution in [0.5, 0.6) is 0 Å². The van der Waals surface area contributed by atoms with E-state index < -0.39 is 23.6 Å². The van der Waals surface area contributed by atoms with Crippen molar-refractivity contribution in [2.45, 2.75) is 6.04 Å². The monoisotopic (exact) mass is 395 g/mol. The van der Waals surface area contributed by atoms with Crippen LogP contribution in [0.3, 0.4) is 0 Å². The fraction of sp³-hybridized carbons (Fsp3) is 0.111. The van der Waals surface area contributed by atoms with Gasteiger partial charge in [-0.2, -0.15) is 0 Å². The topological polar surface area (TPSA) is 46.9 Å². The highest BCUT2D eigenvalue weighted by atomic mass is 35.5. The molecule has 0 fully saturated rings. The van der Waals surface area contributed by atoms with Gasteiger partial charge in [0, 0.05) is 19.4 Å². The van der Waals surface area contributed by atoms with Crippen LogP contribution in [-0.4, -0.2) is 15.5 Å². The van der Waals surface area contributed by atoms with E-state index in [1.165, 1.54) is 18.2 Å². The maximum absolute atomic E-state index is 13.7. The van der Waals surface area contributed by atoms with Crippen molar-refractivity contribution < 1.29 is 13.6 Å². The molecular weight excluding hydrogens is 383 g/mol. The first-order valence-corrected chi connectivity index (χ1v) is 8.30. The van der Waals surface area contributed by atoms with Gasteiger partial charge in [-0.1, -0.05) is 35.3 Å². The van der Waals surface area contributed by atoms with Gasteiger partial charge in [-0.05, 0) is 29.8 Å². The van der Waals surface area contributed by atoms with Crippen molar-refractivity contribution in [3.8, 4) is 0 Å². The van der Waals surface area contributed by atoms with Crippen molar-refractivity contribution in [2.24, 2.45) is 7.05 Å².